The molecule has 43 heavy (non-hydrogen) atoms. The van der Waals surface area contributed by atoms with E-state index in [1.807, 2.05) is 36.4 Å². The lowest BCUT2D eigenvalue weighted by Gasteiger charge is -2.40. The molecule has 2 aliphatic rings. The van der Waals surface area contributed by atoms with Gasteiger partial charge in [-0.25, -0.2) is 9.78 Å². The van der Waals surface area contributed by atoms with E-state index in [0.29, 0.717) is 49.7 Å². The van der Waals surface area contributed by atoms with Crippen LogP contribution in [0.15, 0.2) is 72.6 Å². The Morgan fingerprint density at radius 2 is 1.81 bits per heavy atom. The van der Waals surface area contributed by atoms with Crippen molar-refractivity contribution in [1.29, 1.82) is 0 Å². The number of aromatic nitrogens is 2. The van der Waals surface area contributed by atoms with E-state index in [2.05, 4.69) is 19.8 Å². The molecular weight excluding hydrogens is 574 g/mol. The van der Waals surface area contributed by atoms with E-state index in [1.54, 1.807) is 30.6 Å². The second-order valence-corrected chi connectivity index (χ2v) is 11.9. The highest BCUT2D eigenvalue weighted by Crippen LogP contribution is 2.44. The molecule has 0 spiro atoms. The number of piperazine rings is 1. The molecule has 10 heteroatoms. The van der Waals surface area contributed by atoms with Gasteiger partial charge >= 0.3 is 5.97 Å². The van der Waals surface area contributed by atoms with Crippen molar-refractivity contribution < 1.29 is 23.4 Å². The van der Waals surface area contributed by atoms with Crippen LogP contribution in [0.2, 0.25) is 5.02 Å². The molecule has 1 aliphatic heterocycles. The first-order chi connectivity index (χ1) is 20.9. The number of carbonyl (C=O) groups is 1. The third kappa shape index (κ3) is 6.24. The van der Waals surface area contributed by atoms with Gasteiger partial charge in [-0.05, 0) is 66.8 Å². The number of fused-ring (bicyclic) bond motifs is 1. The number of halogens is 3. The molecule has 0 bridgehead atoms. The summed E-state index contributed by atoms with van der Waals surface area (Å²) in [6.45, 7) is 2.24. The van der Waals surface area contributed by atoms with E-state index in [0.717, 1.165) is 46.5 Å². The van der Waals surface area contributed by atoms with E-state index < -0.39 is 24.7 Å². The highest BCUT2D eigenvalue weighted by Gasteiger charge is 2.37. The lowest BCUT2D eigenvalue weighted by Crippen LogP contribution is -2.47. The fourth-order valence-corrected chi connectivity index (χ4v) is 6.26. The fraction of sp³-hybridized carbons (Fsp3) is 0.333. The van der Waals surface area contributed by atoms with Crippen LogP contribution < -0.4 is 9.64 Å². The number of hydrogen-bond acceptors (Lipinski definition) is 5. The number of benzene rings is 2. The van der Waals surface area contributed by atoms with Gasteiger partial charge in [-0.15, -0.1) is 0 Å². The zero-order chi connectivity index (χ0) is 30.0. The average molecular weight is 607 g/mol. The van der Waals surface area contributed by atoms with Crippen LogP contribution in [0.25, 0.3) is 16.6 Å². The Morgan fingerprint density at radius 3 is 2.53 bits per heavy atom. The Labute approximate surface area is 253 Å². The standard InChI is InChI=1S/C33H33ClF2N4O3/c34-25-3-1-22(2-4-25)28-7-9-33(20-35,21-36)17-24(28)19-39-11-13-40(14-12-39)26-5-6-29(32(41)42)30(16-26)43-27-15-23-8-10-37-31(23)38-18-27/h1-6,8,10,15-16,18H,7,9,11-14,17,19-21H2,(H,37,38)(H,41,42). The Hall–Kier alpha value is -3.95. The molecule has 3 heterocycles. The van der Waals surface area contributed by atoms with Gasteiger partial charge in [0.1, 0.15) is 22.7 Å². The fourth-order valence-electron chi connectivity index (χ4n) is 6.13. The summed E-state index contributed by atoms with van der Waals surface area (Å²) in [7, 11) is 0. The number of nitrogens with one attached hydrogen (secondary N) is 1. The zero-order valence-electron chi connectivity index (χ0n) is 23.7. The number of aromatic amines is 1. The molecule has 0 unspecified atom stereocenters. The Balaban J connectivity index is 1.18. The van der Waals surface area contributed by atoms with Crippen LogP contribution in [0.1, 0.15) is 35.2 Å². The van der Waals surface area contributed by atoms with Crippen molar-refractivity contribution in [2.24, 2.45) is 5.41 Å². The maximum atomic E-state index is 14.1. The quantitative estimate of drug-likeness (QED) is 0.207. The van der Waals surface area contributed by atoms with Gasteiger partial charge < -0.3 is 19.7 Å². The van der Waals surface area contributed by atoms with E-state index in [-0.39, 0.29) is 11.3 Å². The molecule has 1 fully saturated rings. The van der Waals surface area contributed by atoms with Crippen LogP contribution in [0.3, 0.4) is 0 Å². The number of rotatable bonds is 9. The van der Waals surface area contributed by atoms with Crippen molar-refractivity contribution in [3.05, 3.63) is 88.7 Å². The first-order valence-corrected chi connectivity index (χ1v) is 14.8. The minimum Gasteiger partial charge on any atom is -0.478 e. The van der Waals surface area contributed by atoms with Crippen LogP contribution in [0.5, 0.6) is 11.5 Å². The minimum absolute atomic E-state index is 0.0692. The Kier molecular flexibility index (Phi) is 8.36. The zero-order valence-corrected chi connectivity index (χ0v) is 24.4. The number of hydrogen-bond donors (Lipinski definition) is 2. The number of alkyl halides is 2. The molecule has 6 rings (SSSR count). The summed E-state index contributed by atoms with van der Waals surface area (Å²) in [5, 5.41) is 11.3. The summed E-state index contributed by atoms with van der Waals surface area (Å²) in [4.78, 5) is 23.9. The molecule has 2 aromatic carbocycles. The van der Waals surface area contributed by atoms with Crippen molar-refractivity contribution in [2.75, 3.05) is 51.0 Å². The molecule has 0 atom stereocenters. The van der Waals surface area contributed by atoms with E-state index in [9.17, 15) is 18.7 Å². The molecule has 1 saturated heterocycles. The molecule has 0 amide bonds. The first-order valence-electron chi connectivity index (χ1n) is 14.4. The third-order valence-corrected chi connectivity index (χ3v) is 8.88. The van der Waals surface area contributed by atoms with Gasteiger partial charge in [0.05, 0.1) is 19.5 Å². The SMILES string of the molecule is O=C(O)c1ccc(N2CCN(CC3=C(c4ccc(Cl)cc4)CCC(CF)(CF)C3)CC2)cc1Oc1cnc2[nH]ccc2c1. The van der Waals surface area contributed by atoms with E-state index >= 15 is 0 Å². The van der Waals surface area contributed by atoms with Crippen LogP contribution in [-0.4, -0.2) is 72.0 Å². The number of carboxylic acids is 1. The second-order valence-electron chi connectivity index (χ2n) is 11.5. The normalized spacial score (nSPS) is 17.4. The Bertz CT molecular complexity index is 1640. The Morgan fingerprint density at radius 1 is 1.05 bits per heavy atom. The van der Waals surface area contributed by atoms with Gasteiger partial charge in [0.15, 0.2) is 0 Å². The topological polar surface area (TPSA) is 81.7 Å². The highest BCUT2D eigenvalue weighted by molar-refractivity contribution is 6.30. The van der Waals surface area contributed by atoms with Gasteiger partial charge in [0.25, 0.3) is 0 Å². The molecule has 7 nitrogen and oxygen atoms in total. The summed E-state index contributed by atoms with van der Waals surface area (Å²) < 4.78 is 34.1. The summed E-state index contributed by atoms with van der Waals surface area (Å²) in [5.74, 6) is -0.374. The first kappa shape index (κ1) is 29.1. The lowest BCUT2D eigenvalue weighted by atomic mass is 9.71. The van der Waals surface area contributed by atoms with Crippen molar-refractivity contribution >= 4 is 39.9 Å². The van der Waals surface area contributed by atoms with Crippen LogP contribution in [0.4, 0.5) is 14.5 Å². The molecule has 0 saturated carbocycles. The number of allylic oxidation sites excluding steroid dienone is 1. The monoisotopic (exact) mass is 606 g/mol. The van der Waals surface area contributed by atoms with E-state index in [1.165, 1.54) is 0 Å². The third-order valence-electron chi connectivity index (χ3n) is 8.63. The summed E-state index contributed by atoms with van der Waals surface area (Å²) >= 11 is 6.12. The molecule has 0 radical (unpaired) electrons. The number of ether oxygens (including phenoxy) is 1. The van der Waals surface area contributed by atoms with Gasteiger partial charge in [0.2, 0.25) is 0 Å². The number of pyridine rings is 1. The maximum Gasteiger partial charge on any atom is 0.339 e. The van der Waals surface area contributed by atoms with Crippen molar-refractivity contribution in [1.82, 2.24) is 14.9 Å². The van der Waals surface area contributed by atoms with Crippen molar-refractivity contribution in [3.8, 4) is 11.5 Å². The lowest BCUT2D eigenvalue weighted by molar-refractivity contribution is 0.0694. The average Bonchev–Trinajstić information content (AvgIpc) is 3.50. The molecular formula is C33H33ClF2N4O3. The smallest absolute Gasteiger partial charge is 0.339 e. The van der Waals surface area contributed by atoms with Gasteiger partial charge in [-0.3, -0.25) is 13.7 Å². The van der Waals surface area contributed by atoms with Gasteiger partial charge in [-0.2, -0.15) is 0 Å². The number of carboxylic acid groups (broad SMARTS) is 1. The van der Waals surface area contributed by atoms with Crippen LogP contribution in [0, 0.1) is 5.41 Å². The highest BCUT2D eigenvalue weighted by atomic mass is 35.5. The number of anilines is 1. The van der Waals surface area contributed by atoms with Crippen molar-refractivity contribution in [3.63, 3.8) is 0 Å². The van der Waals surface area contributed by atoms with Crippen LogP contribution in [-0.2, 0) is 0 Å². The summed E-state index contributed by atoms with van der Waals surface area (Å²) in [5.41, 5.74) is 4.02. The van der Waals surface area contributed by atoms with E-state index in [4.69, 9.17) is 16.3 Å². The van der Waals surface area contributed by atoms with Gasteiger partial charge in [-0.1, -0.05) is 29.3 Å². The second kappa shape index (κ2) is 12.3. The molecule has 2 N–H and O–H groups in total. The molecule has 2 aromatic heterocycles. The minimum atomic E-state index is -1.07. The molecule has 1 aliphatic carbocycles. The number of nitrogens with zero attached hydrogens (tertiary/aromatic N) is 3. The predicted octanol–water partition coefficient (Wildman–Crippen LogP) is 7.39. The summed E-state index contributed by atoms with van der Waals surface area (Å²) in [6, 6.07) is 16.5. The number of H-pyrrole nitrogens is 1. The molecule has 224 valence electrons. The summed E-state index contributed by atoms with van der Waals surface area (Å²) in [6.07, 6.45) is 4.87. The maximum absolute atomic E-state index is 14.1. The largest absolute Gasteiger partial charge is 0.478 e. The molecule has 4 aromatic rings. The van der Waals surface area contributed by atoms with Gasteiger partial charge in [0, 0.05) is 66.5 Å². The van der Waals surface area contributed by atoms with Crippen molar-refractivity contribution in [2.45, 2.75) is 19.3 Å². The van der Waals surface area contributed by atoms with Crippen LogP contribution >= 0.6 is 11.6 Å². The predicted molar refractivity (Wildman–Crippen MR) is 165 cm³/mol. The number of aromatic carboxylic acids is 1.